The number of nitrogens with zero attached hydrogens (tertiary/aromatic N) is 4. The van der Waals surface area contributed by atoms with Crippen LogP contribution in [0.1, 0.15) is 6.42 Å². The third kappa shape index (κ3) is 3.11. The van der Waals surface area contributed by atoms with Crippen molar-refractivity contribution in [3.8, 4) is 0 Å². The Balaban J connectivity index is 1.97. The van der Waals surface area contributed by atoms with Gasteiger partial charge in [-0.2, -0.15) is 0 Å². The van der Waals surface area contributed by atoms with Crippen LogP contribution in [0.2, 0.25) is 0 Å². The minimum Gasteiger partial charge on any atom is -0.367 e. The third-order valence-electron chi connectivity index (χ3n) is 2.11. The molecule has 9 heteroatoms. The first-order valence-electron chi connectivity index (χ1n) is 4.95. The van der Waals surface area contributed by atoms with Crippen LogP contribution in [0.15, 0.2) is 18.7 Å². The van der Waals surface area contributed by atoms with Crippen molar-refractivity contribution in [2.75, 3.05) is 17.6 Å². The summed E-state index contributed by atoms with van der Waals surface area (Å²) in [6, 6.07) is 0. The molecule has 0 atom stereocenters. The highest BCUT2D eigenvalue weighted by atomic mass is 32.2. The van der Waals surface area contributed by atoms with E-state index in [1.165, 1.54) is 0 Å². The van der Waals surface area contributed by atoms with Crippen LogP contribution >= 0.6 is 0 Å². The molecule has 0 amide bonds. The molecule has 2 rings (SSSR count). The molecule has 0 radical (unpaired) electrons. The largest absolute Gasteiger partial charge is 0.367 e. The Morgan fingerprint density at radius 3 is 3.06 bits per heavy atom. The van der Waals surface area contributed by atoms with Gasteiger partial charge in [-0.1, -0.05) is 0 Å². The zero-order valence-electron chi connectivity index (χ0n) is 8.94. The van der Waals surface area contributed by atoms with Crippen LogP contribution in [-0.2, 0) is 10.0 Å². The number of nitrogens with one attached hydrogen (secondary N) is 1. The molecule has 92 valence electrons. The molecule has 0 aliphatic rings. The summed E-state index contributed by atoms with van der Waals surface area (Å²) in [6.07, 6.45) is 5.31. The Hall–Kier alpha value is -1.74. The van der Waals surface area contributed by atoms with Crippen molar-refractivity contribution in [1.82, 2.24) is 19.6 Å². The molecule has 0 aliphatic carbocycles. The Morgan fingerprint density at radius 1 is 1.47 bits per heavy atom. The lowest BCUT2D eigenvalue weighted by Crippen LogP contribution is -2.19. The van der Waals surface area contributed by atoms with Crippen molar-refractivity contribution in [1.29, 1.82) is 0 Å². The summed E-state index contributed by atoms with van der Waals surface area (Å²) in [6.45, 7) is 0.454. The summed E-state index contributed by atoms with van der Waals surface area (Å²) in [4.78, 5) is 4.10. The molecule has 3 N–H and O–H groups in total. The standard InChI is InChI=1S/C8H12N6O2S/c9-17(15,16)5-1-2-10-7-8-13-12-6-14(8)4-3-11-7/h3-4,6H,1-2,5H2,(H,10,11)(H2,9,15,16). The van der Waals surface area contributed by atoms with E-state index in [2.05, 4.69) is 20.5 Å². The minimum atomic E-state index is -3.40. The van der Waals surface area contributed by atoms with Crippen molar-refractivity contribution in [3.63, 3.8) is 0 Å². The van der Waals surface area contributed by atoms with E-state index in [1.54, 1.807) is 23.1 Å². The molecule has 2 aromatic rings. The molecule has 8 nitrogen and oxygen atoms in total. The molecule has 0 spiro atoms. The number of sulfonamides is 1. The maximum Gasteiger partial charge on any atom is 0.209 e. The Morgan fingerprint density at radius 2 is 2.29 bits per heavy atom. The van der Waals surface area contributed by atoms with E-state index in [9.17, 15) is 8.42 Å². The summed E-state index contributed by atoms with van der Waals surface area (Å²) in [5, 5.41) is 15.5. The van der Waals surface area contributed by atoms with Crippen LogP contribution in [0.4, 0.5) is 5.82 Å². The van der Waals surface area contributed by atoms with Gasteiger partial charge in [-0.3, -0.25) is 4.40 Å². The van der Waals surface area contributed by atoms with Crippen LogP contribution in [0.5, 0.6) is 0 Å². The summed E-state index contributed by atoms with van der Waals surface area (Å²) in [5.74, 6) is 0.509. The summed E-state index contributed by atoms with van der Waals surface area (Å²) in [5.41, 5.74) is 0.600. The summed E-state index contributed by atoms with van der Waals surface area (Å²) >= 11 is 0. The summed E-state index contributed by atoms with van der Waals surface area (Å²) < 4.78 is 23.2. The number of nitrogens with two attached hydrogens (primary N) is 1. The van der Waals surface area contributed by atoms with E-state index in [0.717, 1.165) is 0 Å². The molecule has 0 aliphatic heterocycles. The fourth-order valence-corrected chi connectivity index (χ4v) is 1.91. The molecule has 2 aromatic heterocycles. The van der Waals surface area contributed by atoms with Crippen molar-refractivity contribution < 1.29 is 8.42 Å². The van der Waals surface area contributed by atoms with Gasteiger partial charge in [-0.05, 0) is 6.42 Å². The maximum atomic E-state index is 10.7. The molecule has 0 fully saturated rings. The van der Waals surface area contributed by atoms with E-state index in [1.807, 2.05) is 0 Å². The Bertz CT molecular complexity index is 607. The van der Waals surface area contributed by atoms with Crippen molar-refractivity contribution in [3.05, 3.63) is 18.7 Å². The average Bonchev–Trinajstić information content (AvgIpc) is 2.71. The first-order valence-corrected chi connectivity index (χ1v) is 6.66. The lowest BCUT2D eigenvalue weighted by Gasteiger charge is -2.05. The molecule has 2 heterocycles. The highest BCUT2D eigenvalue weighted by Gasteiger charge is 2.05. The van der Waals surface area contributed by atoms with E-state index in [4.69, 9.17) is 5.14 Å². The van der Waals surface area contributed by atoms with Crippen LogP contribution in [-0.4, -0.2) is 40.3 Å². The number of rotatable bonds is 5. The van der Waals surface area contributed by atoms with E-state index in [-0.39, 0.29) is 5.75 Å². The second kappa shape index (κ2) is 4.63. The van der Waals surface area contributed by atoms with Crippen molar-refractivity contribution in [2.24, 2.45) is 5.14 Å². The lowest BCUT2D eigenvalue weighted by molar-refractivity contribution is 0.596. The second-order valence-corrected chi connectivity index (χ2v) is 5.22. The second-order valence-electron chi connectivity index (χ2n) is 3.48. The lowest BCUT2D eigenvalue weighted by atomic mass is 10.4. The van der Waals surface area contributed by atoms with Gasteiger partial charge in [0.1, 0.15) is 6.33 Å². The zero-order chi connectivity index (χ0) is 12.3. The number of hydrogen-bond donors (Lipinski definition) is 2. The normalized spacial score (nSPS) is 11.8. The van der Waals surface area contributed by atoms with Gasteiger partial charge in [-0.25, -0.2) is 18.5 Å². The van der Waals surface area contributed by atoms with E-state index in [0.29, 0.717) is 24.4 Å². The van der Waals surface area contributed by atoms with Crippen molar-refractivity contribution >= 4 is 21.5 Å². The molecule has 0 bridgehead atoms. The van der Waals surface area contributed by atoms with Gasteiger partial charge >= 0.3 is 0 Å². The van der Waals surface area contributed by atoms with Gasteiger partial charge < -0.3 is 5.32 Å². The molecular formula is C8H12N6O2S. The van der Waals surface area contributed by atoms with E-state index >= 15 is 0 Å². The van der Waals surface area contributed by atoms with Gasteiger partial charge in [-0.15, -0.1) is 10.2 Å². The predicted molar refractivity (Wildman–Crippen MR) is 61.9 cm³/mol. The highest BCUT2D eigenvalue weighted by Crippen LogP contribution is 2.09. The van der Waals surface area contributed by atoms with Gasteiger partial charge in [0, 0.05) is 18.9 Å². The fourth-order valence-electron chi connectivity index (χ4n) is 1.36. The molecule has 0 aromatic carbocycles. The SMILES string of the molecule is NS(=O)(=O)CCCNc1nccn2cnnc12. The highest BCUT2D eigenvalue weighted by molar-refractivity contribution is 7.89. The van der Waals surface area contributed by atoms with Gasteiger partial charge in [0.2, 0.25) is 15.7 Å². The smallest absolute Gasteiger partial charge is 0.209 e. The van der Waals surface area contributed by atoms with E-state index < -0.39 is 10.0 Å². The zero-order valence-corrected chi connectivity index (χ0v) is 9.76. The number of primary sulfonamides is 1. The van der Waals surface area contributed by atoms with Crippen LogP contribution in [0.3, 0.4) is 0 Å². The quantitative estimate of drug-likeness (QED) is 0.678. The van der Waals surface area contributed by atoms with Crippen molar-refractivity contribution in [2.45, 2.75) is 6.42 Å². The Labute approximate surface area is 97.9 Å². The first kappa shape index (κ1) is 11.7. The number of hydrogen-bond acceptors (Lipinski definition) is 6. The van der Waals surface area contributed by atoms with Gasteiger partial charge in [0.15, 0.2) is 5.82 Å². The molecule has 0 unspecified atom stereocenters. The Kier molecular flexibility index (Phi) is 3.20. The van der Waals surface area contributed by atoms with Gasteiger partial charge in [0.05, 0.1) is 5.75 Å². The van der Waals surface area contributed by atoms with Gasteiger partial charge in [0.25, 0.3) is 0 Å². The number of anilines is 1. The average molecular weight is 256 g/mol. The number of aromatic nitrogens is 4. The maximum absolute atomic E-state index is 10.7. The predicted octanol–water partition coefficient (Wildman–Crippen LogP) is -0.785. The van der Waals surface area contributed by atoms with Crippen LogP contribution < -0.4 is 10.5 Å². The molecule has 0 saturated carbocycles. The molecule has 0 saturated heterocycles. The summed E-state index contributed by atoms with van der Waals surface area (Å²) in [7, 11) is -3.40. The molecule has 17 heavy (non-hydrogen) atoms. The van der Waals surface area contributed by atoms with Crippen LogP contribution in [0.25, 0.3) is 5.65 Å². The number of fused-ring (bicyclic) bond motifs is 1. The van der Waals surface area contributed by atoms with Crippen LogP contribution in [0, 0.1) is 0 Å². The topological polar surface area (TPSA) is 115 Å². The molecular weight excluding hydrogens is 244 g/mol. The third-order valence-corrected chi connectivity index (χ3v) is 2.97. The minimum absolute atomic E-state index is 0.0597. The fraction of sp³-hybridized carbons (Fsp3) is 0.375. The monoisotopic (exact) mass is 256 g/mol. The first-order chi connectivity index (χ1) is 8.06.